The molecule has 17 heavy (non-hydrogen) atoms. The van der Waals surface area contributed by atoms with E-state index in [2.05, 4.69) is 0 Å². The van der Waals surface area contributed by atoms with Crippen LogP contribution >= 0.6 is 0 Å². The van der Waals surface area contributed by atoms with Gasteiger partial charge in [-0.1, -0.05) is 20.3 Å². The molecule has 1 unspecified atom stereocenters. The van der Waals surface area contributed by atoms with Gasteiger partial charge in [-0.05, 0) is 12.8 Å². The molecule has 0 N–H and O–H groups in total. The first-order chi connectivity index (χ1) is 8.43. The van der Waals surface area contributed by atoms with Gasteiger partial charge in [0.2, 0.25) is 11.8 Å². The van der Waals surface area contributed by atoms with Crippen molar-refractivity contribution in [2.75, 3.05) is 6.54 Å². The average molecular weight is 241 g/mol. The number of unbranched alkanes of at least 4 members (excludes halogenated alkanes) is 2. The first-order valence-corrected chi connectivity index (χ1v) is 6.22. The smallest absolute Gasteiger partial charge is 0.229 e. The lowest BCUT2D eigenvalue weighted by Gasteiger charge is -2.13. The lowest BCUT2D eigenvalue weighted by Crippen LogP contribution is -2.29. The van der Waals surface area contributed by atoms with E-state index in [4.69, 9.17) is 1.37 Å². The predicted molar refractivity (Wildman–Crippen MR) is 64.3 cm³/mol. The van der Waals surface area contributed by atoms with Gasteiger partial charge in [-0.3, -0.25) is 19.3 Å². The molecular weight excluding hydrogens is 218 g/mol. The molecule has 4 heteroatoms. The number of nitrogens with zero attached hydrogens (tertiary/aromatic N) is 1. The van der Waals surface area contributed by atoms with Gasteiger partial charge in [-0.15, -0.1) is 0 Å². The van der Waals surface area contributed by atoms with Gasteiger partial charge in [-0.2, -0.15) is 0 Å². The molecular formula is C13H21NO3. The Morgan fingerprint density at radius 3 is 2.53 bits per heavy atom. The first-order valence-electron chi connectivity index (χ1n) is 6.80. The minimum absolute atomic E-state index is 0.0185. The summed E-state index contributed by atoms with van der Waals surface area (Å²) in [5.41, 5.74) is 0. The van der Waals surface area contributed by atoms with Gasteiger partial charge in [0.1, 0.15) is 5.78 Å². The maximum absolute atomic E-state index is 11.4. The SMILES string of the molecule is [3H]C1CC(=O)N(CCCCCC(=O)C(C)C)C1=O. The van der Waals surface area contributed by atoms with Crippen LogP contribution in [0.4, 0.5) is 0 Å². The number of rotatable bonds is 7. The van der Waals surface area contributed by atoms with Crippen LogP contribution in [-0.4, -0.2) is 29.0 Å². The van der Waals surface area contributed by atoms with Crippen molar-refractivity contribution in [1.82, 2.24) is 4.90 Å². The van der Waals surface area contributed by atoms with Crippen LogP contribution < -0.4 is 0 Å². The highest BCUT2D eigenvalue weighted by Crippen LogP contribution is 2.13. The van der Waals surface area contributed by atoms with E-state index < -0.39 is 6.40 Å². The van der Waals surface area contributed by atoms with Gasteiger partial charge in [0.05, 0.1) is 0 Å². The van der Waals surface area contributed by atoms with Gasteiger partial charge in [-0.25, -0.2) is 0 Å². The number of hydrogen-bond donors (Lipinski definition) is 0. The molecule has 1 rings (SSSR count). The zero-order valence-electron chi connectivity index (χ0n) is 11.6. The Hall–Kier alpha value is -1.19. The van der Waals surface area contributed by atoms with Crippen molar-refractivity contribution in [2.45, 2.75) is 52.3 Å². The Balaban J connectivity index is 2.17. The summed E-state index contributed by atoms with van der Waals surface area (Å²) in [5, 5.41) is 0. The van der Waals surface area contributed by atoms with Crippen molar-refractivity contribution >= 4 is 17.6 Å². The minimum Gasteiger partial charge on any atom is -0.299 e. The van der Waals surface area contributed by atoms with E-state index in [1.165, 1.54) is 4.90 Å². The maximum atomic E-state index is 11.4. The molecule has 1 heterocycles. The topological polar surface area (TPSA) is 54.5 Å². The fraction of sp³-hybridized carbons (Fsp3) is 0.769. The summed E-state index contributed by atoms with van der Waals surface area (Å²) < 4.78 is 7.36. The summed E-state index contributed by atoms with van der Waals surface area (Å²) in [6.45, 7) is 4.17. The van der Waals surface area contributed by atoms with Gasteiger partial charge in [0.15, 0.2) is 0 Å². The van der Waals surface area contributed by atoms with Crippen LogP contribution in [0.5, 0.6) is 0 Å². The van der Waals surface area contributed by atoms with Crippen molar-refractivity contribution in [2.24, 2.45) is 5.92 Å². The number of likely N-dealkylation sites (tertiary alicyclic amines) is 1. The van der Waals surface area contributed by atoms with Crippen LogP contribution in [0.15, 0.2) is 0 Å². The molecule has 1 saturated heterocycles. The third-order valence-electron chi connectivity index (χ3n) is 2.97. The molecule has 1 aliphatic heterocycles. The van der Waals surface area contributed by atoms with Crippen LogP contribution in [-0.2, 0) is 14.4 Å². The molecule has 0 aromatic heterocycles. The lowest BCUT2D eigenvalue weighted by molar-refractivity contribution is -0.138. The number of carbonyl (C=O) groups is 3. The molecule has 4 nitrogen and oxygen atoms in total. The lowest BCUT2D eigenvalue weighted by atomic mass is 10.0. The van der Waals surface area contributed by atoms with Crippen LogP contribution in [0.3, 0.4) is 0 Å². The summed E-state index contributed by atoms with van der Waals surface area (Å²) >= 11 is 0. The highest BCUT2D eigenvalue weighted by molar-refractivity contribution is 6.01. The van der Waals surface area contributed by atoms with E-state index in [9.17, 15) is 14.4 Å². The van der Waals surface area contributed by atoms with E-state index >= 15 is 0 Å². The Bertz CT molecular complexity index is 341. The largest absolute Gasteiger partial charge is 0.299 e. The first kappa shape index (κ1) is 12.3. The Morgan fingerprint density at radius 1 is 1.29 bits per heavy atom. The van der Waals surface area contributed by atoms with Gasteiger partial charge in [0, 0.05) is 33.1 Å². The molecule has 0 aromatic carbocycles. The second kappa shape index (κ2) is 6.52. The van der Waals surface area contributed by atoms with E-state index in [0.717, 1.165) is 19.3 Å². The molecule has 1 fully saturated rings. The Labute approximate surface area is 104 Å². The quantitative estimate of drug-likeness (QED) is 0.505. The number of carbonyl (C=O) groups excluding carboxylic acids is 3. The zero-order valence-corrected chi connectivity index (χ0v) is 10.6. The molecule has 96 valence electrons. The molecule has 0 bridgehead atoms. The normalized spacial score (nSPS) is 21.2. The molecule has 0 aliphatic carbocycles. The monoisotopic (exact) mass is 241 g/mol. The molecule has 0 radical (unpaired) electrons. The van der Waals surface area contributed by atoms with Crippen LogP contribution in [0.1, 0.15) is 53.7 Å². The maximum Gasteiger partial charge on any atom is 0.229 e. The second-order valence-corrected chi connectivity index (χ2v) is 4.72. The predicted octanol–water partition coefficient (Wildman–Crippen LogP) is 1.92. The fourth-order valence-electron chi connectivity index (χ4n) is 1.79. The summed E-state index contributed by atoms with van der Waals surface area (Å²) in [4.78, 5) is 35.4. The highest BCUT2D eigenvalue weighted by Gasteiger charge is 2.27. The van der Waals surface area contributed by atoms with Crippen molar-refractivity contribution in [3.63, 3.8) is 0 Å². The summed E-state index contributed by atoms with van der Waals surface area (Å²) in [6.07, 6.45) is 2.04. The number of ketones is 1. The third kappa shape index (κ3) is 4.29. The van der Waals surface area contributed by atoms with Crippen molar-refractivity contribution in [1.29, 1.82) is 0 Å². The average Bonchev–Trinajstić information content (AvgIpc) is 2.54. The van der Waals surface area contributed by atoms with E-state index in [-0.39, 0.29) is 29.9 Å². The standard InChI is InChI=1S/C13H21NO3/c1-10(2)11(15)6-4-3-5-9-14-12(16)7-8-13(14)17/h10H,3-9H2,1-2H3/i7T. The molecule has 2 amide bonds. The number of imide groups is 1. The van der Waals surface area contributed by atoms with Crippen LogP contribution in [0, 0.1) is 5.92 Å². The molecule has 0 aromatic rings. The minimum atomic E-state index is -0.903. The number of Topliss-reactive ketones (excluding diaryl/α,β-unsaturated/α-hetero) is 1. The molecule has 1 atom stereocenters. The number of hydrogen-bond acceptors (Lipinski definition) is 3. The van der Waals surface area contributed by atoms with Crippen LogP contribution in [0.25, 0.3) is 0 Å². The van der Waals surface area contributed by atoms with Gasteiger partial charge < -0.3 is 0 Å². The second-order valence-electron chi connectivity index (χ2n) is 4.72. The van der Waals surface area contributed by atoms with Gasteiger partial charge in [0.25, 0.3) is 0 Å². The van der Waals surface area contributed by atoms with E-state index in [1.54, 1.807) is 0 Å². The summed E-state index contributed by atoms with van der Waals surface area (Å²) in [6, 6.07) is 0. The van der Waals surface area contributed by atoms with Crippen molar-refractivity contribution in [3.05, 3.63) is 0 Å². The highest BCUT2D eigenvalue weighted by atomic mass is 16.2. The van der Waals surface area contributed by atoms with Crippen molar-refractivity contribution < 1.29 is 15.8 Å². The van der Waals surface area contributed by atoms with Gasteiger partial charge >= 0.3 is 0 Å². The summed E-state index contributed by atoms with van der Waals surface area (Å²) in [7, 11) is 0. The Kier molecular flexibility index (Phi) is 4.71. The van der Waals surface area contributed by atoms with Crippen LogP contribution in [0.2, 0.25) is 0 Å². The zero-order chi connectivity index (χ0) is 13.7. The van der Waals surface area contributed by atoms with E-state index in [0.29, 0.717) is 13.0 Å². The fourth-order valence-corrected chi connectivity index (χ4v) is 1.79. The molecule has 0 saturated carbocycles. The van der Waals surface area contributed by atoms with E-state index in [1.807, 2.05) is 13.8 Å². The number of amides is 2. The molecule has 0 spiro atoms. The summed E-state index contributed by atoms with van der Waals surface area (Å²) in [5.74, 6) is -0.276. The Morgan fingerprint density at radius 2 is 2.00 bits per heavy atom. The molecule has 1 aliphatic rings. The van der Waals surface area contributed by atoms with Crippen molar-refractivity contribution in [3.8, 4) is 0 Å². The third-order valence-corrected chi connectivity index (χ3v) is 2.97.